The third kappa shape index (κ3) is 5.01. The summed E-state index contributed by atoms with van der Waals surface area (Å²) in [6.07, 6.45) is 0.0196. The van der Waals surface area contributed by atoms with Crippen LogP contribution in [-0.4, -0.2) is 27.5 Å². The molecule has 2 aromatic carbocycles. The number of methoxy groups -OCH3 is 1. The Morgan fingerprint density at radius 1 is 1.24 bits per heavy atom. The van der Waals surface area contributed by atoms with Crippen LogP contribution in [0.3, 0.4) is 0 Å². The molecule has 0 aliphatic carbocycles. The first-order valence-electron chi connectivity index (χ1n) is 7.33. The number of carbonyl (C=O) groups excluding carboxylic acids is 1. The molecule has 0 aromatic heterocycles. The van der Waals surface area contributed by atoms with Gasteiger partial charge in [0.1, 0.15) is 11.9 Å². The van der Waals surface area contributed by atoms with Crippen LogP contribution in [0.2, 0.25) is 5.02 Å². The number of esters is 1. The second kappa shape index (κ2) is 7.95. The summed E-state index contributed by atoms with van der Waals surface area (Å²) in [5.74, 6) is -1.17. The number of aryl methyl sites for hydroxylation is 1. The summed E-state index contributed by atoms with van der Waals surface area (Å²) in [7, 11) is -2.83. The summed E-state index contributed by atoms with van der Waals surface area (Å²) in [5.41, 5.74) is 1.32. The normalized spacial score (nSPS) is 12.6. The van der Waals surface area contributed by atoms with Crippen molar-refractivity contribution in [1.29, 1.82) is 0 Å². The van der Waals surface area contributed by atoms with Crippen molar-refractivity contribution in [2.24, 2.45) is 0 Å². The molecule has 0 radical (unpaired) electrons. The maximum Gasteiger partial charge on any atom is 0.324 e. The Bertz CT molecular complexity index is 869. The van der Waals surface area contributed by atoms with Crippen LogP contribution in [0.5, 0.6) is 0 Å². The smallest absolute Gasteiger partial charge is 0.324 e. The Kier molecular flexibility index (Phi) is 6.16. The zero-order valence-electron chi connectivity index (χ0n) is 13.6. The zero-order valence-corrected chi connectivity index (χ0v) is 15.2. The third-order valence-corrected chi connectivity index (χ3v) is 5.47. The lowest BCUT2D eigenvalue weighted by Crippen LogP contribution is -2.43. The van der Waals surface area contributed by atoms with E-state index in [2.05, 4.69) is 9.46 Å². The Morgan fingerprint density at radius 2 is 1.88 bits per heavy atom. The van der Waals surface area contributed by atoms with Crippen LogP contribution in [0.25, 0.3) is 0 Å². The van der Waals surface area contributed by atoms with Crippen LogP contribution in [0.1, 0.15) is 11.1 Å². The molecule has 0 fully saturated rings. The molecule has 0 heterocycles. The maximum atomic E-state index is 13.0. The van der Waals surface area contributed by atoms with Gasteiger partial charge in [0.05, 0.1) is 12.0 Å². The molecule has 8 heteroatoms. The third-order valence-electron chi connectivity index (χ3n) is 3.59. The van der Waals surface area contributed by atoms with Crippen LogP contribution in [-0.2, 0) is 26.0 Å². The van der Waals surface area contributed by atoms with E-state index in [4.69, 9.17) is 11.6 Å². The molecule has 1 unspecified atom stereocenters. The van der Waals surface area contributed by atoms with Crippen molar-refractivity contribution in [1.82, 2.24) is 4.72 Å². The van der Waals surface area contributed by atoms with Gasteiger partial charge in [-0.05, 0) is 48.7 Å². The number of ether oxygens (including phenoxy) is 1. The molecular formula is C17H17ClFNO4S. The summed E-state index contributed by atoms with van der Waals surface area (Å²) in [4.78, 5) is 11.9. The number of halogens is 2. The fourth-order valence-electron chi connectivity index (χ4n) is 2.17. The molecule has 0 bridgehead atoms. The van der Waals surface area contributed by atoms with Crippen LogP contribution in [0, 0.1) is 12.7 Å². The monoisotopic (exact) mass is 385 g/mol. The van der Waals surface area contributed by atoms with E-state index in [9.17, 15) is 17.6 Å². The van der Waals surface area contributed by atoms with Crippen molar-refractivity contribution in [2.75, 3.05) is 7.11 Å². The summed E-state index contributed by atoms with van der Waals surface area (Å²) in [5, 5.41) is 0.302. The molecule has 1 N–H and O–H groups in total. The first-order chi connectivity index (χ1) is 11.7. The van der Waals surface area contributed by atoms with Crippen molar-refractivity contribution in [3.8, 4) is 0 Å². The topological polar surface area (TPSA) is 72.5 Å². The molecule has 0 amide bonds. The van der Waals surface area contributed by atoms with E-state index in [1.165, 1.54) is 36.4 Å². The fourth-order valence-corrected chi connectivity index (χ4v) is 3.62. The van der Waals surface area contributed by atoms with Gasteiger partial charge in [0, 0.05) is 5.02 Å². The van der Waals surface area contributed by atoms with E-state index in [0.29, 0.717) is 10.6 Å². The highest BCUT2D eigenvalue weighted by molar-refractivity contribution is 7.89. The average molecular weight is 386 g/mol. The lowest BCUT2D eigenvalue weighted by atomic mass is 10.1. The first-order valence-corrected chi connectivity index (χ1v) is 9.20. The molecule has 1 atom stereocenters. The number of carbonyl (C=O) groups is 1. The van der Waals surface area contributed by atoms with E-state index in [1.807, 2.05) is 0 Å². The van der Waals surface area contributed by atoms with E-state index < -0.39 is 27.9 Å². The van der Waals surface area contributed by atoms with Gasteiger partial charge in [-0.3, -0.25) is 4.79 Å². The van der Waals surface area contributed by atoms with E-state index in [1.54, 1.807) is 13.0 Å². The Morgan fingerprint density at radius 3 is 2.44 bits per heavy atom. The van der Waals surface area contributed by atoms with Gasteiger partial charge in [0.15, 0.2) is 0 Å². The van der Waals surface area contributed by atoms with Crippen molar-refractivity contribution in [3.05, 3.63) is 64.4 Å². The van der Waals surface area contributed by atoms with Crippen LogP contribution in [0.15, 0.2) is 47.4 Å². The summed E-state index contributed by atoms with van der Waals surface area (Å²) in [6, 6.07) is 8.55. The SMILES string of the molecule is COC(=O)C(Cc1ccc(F)cc1)NS(=O)(=O)c1ccc(C)c(Cl)c1. The van der Waals surface area contributed by atoms with Crippen LogP contribution >= 0.6 is 11.6 Å². The van der Waals surface area contributed by atoms with Crippen molar-refractivity contribution >= 4 is 27.6 Å². The summed E-state index contributed by atoms with van der Waals surface area (Å²) in [6.45, 7) is 1.75. The predicted molar refractivity (Wildman–Crippen MR) is 92.4 cm³/mol. The number of rotatable bonds is 6. The van der Waals surface area contributed by atoms with Gasteiger partial charge in [-0.15, -0.1) is 0 Å². The minimum atomic E-state index is -3.99. The summed E-state index contributed by atoms with van der Waals surface area (Å²) >= 11 is 5.97. The molecule has 0 spiro atoms. The number of sulfonamides is 1. The quantitative estimate of drug-likeness (QED) is 0.776. The minimum Gasteiger partial charge on any atom is -0.468 e. The highest BCUT2D eigenvalue weighted by Gasteiger charge is 2.27. The highest BCUT2D eigenvalue weighted by atomic mass is 35.5. The lowest BCUT2D eigenvalue weighted by Gasteiger charge is -2.17. The fraction of sp³-hybridized carbons (Fsp3) is 0.235. The van der Waals surface area contributed by atoms with Crippen molar-refractivity contribution in [3.63, 3.8) is 0 Å². The van der Waals surface area contributed by atoms with Gasteiger partial charge in [0.2, 0.25) is 10.0 Å². The molecule has 5 nitrogen and oxygen atoms in total. The maximum absolute atomic E-state index is 13.0. The van der Waals surface area contributed by atoms with E-state index in [-0.39, 0.29) is 11.3 Å². The molecule has 0 aliphatic heterocycles. The lowest BCUT2D eigenvalue weighted by molar-refractivity contribution is -0.142. The zero-order chi connectivity index (χ0) is 18.6. The standard InChI is InChI=1S/C17H17ClFNO4S/c1-11-3-8-14(10-15(11)18)25(22,23)20-16(17(21)24-2)9-12-4-6-13(19)7-5-12/h3-8,10,16,20H,9H2,1-2H3. The van der Waals surface area contributed by atoms with Gasteiger partial charge in [-0.2, -0.15) is 4.72 Å². The molecule has 0 saturated heterocycles. The largest absolute Gasteiger partial charge is 0.468 e. The van der Waals surface area contributed by atoms with Gasteiger partial charge < -0.3 is 4.74 Å². The highest BCUT2D eigenvalue weighted by Crippen LogP contribution is 2.20. The van der Waals surface area contributed by atoms with Gasteiger partial charge in [0.25, 0.3) is 0 Å². The minimum absolute atomic E-state index is 0.0196. The molecule has 134 valence electrons. The molecule has 0 aliphatic rings. The number of benzene rings is 2. The van der Waals surface area contributed by atoms with Gasteiger partial charge >= 0.3 is 5.97 Å². The Balaban J connectivity index is 2.27. The van der Waals surface area contributed by atoms with E-state index in [0.717, 1.165) is 12.7 Å². The van der Waals surface area contributed by atoms with Crippen LogP contribution in [0.4, 0.5) is 4.39 Å². The number of nitrogens with one attached hydrogen (secondary N) is 1. The first kappa shape index (κ1) is 19.4. The number of hydrogen-bond acceptors (Lipinski definition) is 4. The van der Waals surface area contributed by atoms with Gasteiger partial charge in [-0.25, -0.2) is 12.8 Å². The Hall–Kier alpha value is -1.96. The molecule has 0 saturated carbocycles. The second-order valence-electron chi connectivity index (χ2n) is 5.44. The van der Waals surface area contributed by atoms with Crippen LogP contribution < -0.4 is 4.72 Å². The second-order valence-corrected chi connectivity index (χ2v) is 7.56. The van der Waals surface area contributed by atoms with E-state index >= 15 is 0 Å². The molecular weight excluding hydrogens is 369 g/mol. The predicted octanol–water partition coefficient (Wildman–Crippen LogP) is 2.85. The number of hydrogen-bond donors (Lipinski definition) is 1. The van der Waals surface area contributed by atoms with Crippen molar-refractivity contribution in [2.45, 2.75) is 24.3 Å². The Labute approximate surface area is 150 Å². The molecule has 2 rings (SSSR count). The summed E-state index contributed by atoms with van der Waals surface area (Å²) < 4.78 is 45.0. The average Bonchev–Trinajstić information content (AvgIpc) is 2.57. The molecule has 2 aromatic rings. The molecule has 25 heavy (non-hydrogen) atoms. The van der Waals surface area contributed by atoms with Crippen molar-refractivity contribution < 1.29 is 22.3 Å². The van der Waals surface area contributed by atoms with Gasteiger partial charge in [-0.1, -0.05) is 29.8 Å².